The highest BCUT2D eigenvalue weighted by atomic mass is 16.7. The summed E-state index contributed by atoms with van der Waals surface area (Å²) in [4.78, 5) is 11.8. The number of rotatable bonds is 4. The standard InChI is InChI=1S/C15H18O9/c16-6-10-12(20)14(13(21)15(22)23-10)24-11(19)4-2-7-1-3-8(17)9(18)5-7/h1-5,10,12-18,20-22H,6H2/b4-2+/t10-,12-,13-,14+,15-/m1/s1. The van der Waals surface area contributed by atoms with E-state index in [9.17, 15) is 30.3 Å². The first-order valence-electron chi connectivity index (χ1n) is 7.04. The van der Waals surface area contributed by atoms with Gasteiger partial charge in [0.1, 0.15) is 18.3 Å². The van der Waals surface area contributed by atoms with Crippen molar-refractivity contribution in [2.75, 3.05) is 6.61 Å². The fourth-order valence-electron chi connectivity index (χ4n) is 2.19. The molecule has 1 saturated heterocycles. The molecule has 0 radical (unpaired) electrons. The molecule has 0 bridgehead atoms. The lowest BCUT2D eigenvalue weighted by Crippen LogP contribution is -2.59. The van der Waals surface area contributed by atoms with Gasteiger partial charge in [-0.2, -0.15) is 0 Å². The van der Waals surface area contributed by atoms with Gasteiger partial charge < -0.3 is 40.1 Å². The molecule has 9 nitrogen and oxygen atoms in total. The Balaban J connectivity index is 2.04. The molecule has 0 saturated carbocycles. The molecular formula is C15H18O9. The molecule has 6 N–H and O–H groups in total. The van der Waals surface area contributed by atoms with E-state index in [-0.39, 0.29) is 11.5 Å². The lowest BCUT2D eigenvalue weighted by molar-refractivity contribution is -0.289. The molecule has 0 aromatic heterocycles. The topological polar surface area (TPSA) is 157 Å². The number of benzene rings is 1. The molecule has 0 amide bonds. The Bertz CT molecular complexity index is 615. The van der Waals surface area contributed by atoms with E-state index in [1.807, 2.05) is 0 Å². The zero-order valence-electron chi connectivity index (χ0n) is 12.4. The van der Waals surface area contributed by atoms with Gasteiger partial charge in [-0.05, 0) is 23.8 Å². The maximum atomic E-state index is 11.8. The third-order valence-corrected chi connectivity index (χ3v) is 3.50. The normalized spacial score (nSPS) is 30.4. The van der Waals surface area contributed by atoms with E-state index in [1.165, 1.54) is 24.3 Å². The summed E-state index contributed by atoms with van der Waals surface area (Å²) in [6.45, 7) is -0.637. The van der Waals surface area contributed by atoms with Crippen LogP contribution in [0.2, 0.25) is 0 Å². The molecule has 0 spiro atoms. The predicted octanol–water partition coefficient (Wildman–Crippen LogP) is -1.55. The van der Waals surface area contributed by atoms with Gasteiger partial charge >= 0.3 is 5.97 Å². The van der Waals surface area contributed by atoms with Gasteiger partial charge in [-0.3, -0.25) is 0 Å². The number of carbonyl (C=O) groups is 1. The number of carbonyl (C=O) groups excluding carboxylic acids is 1. The second kappa shape index (κ2) is 7.60. The highest BCUT2D eigenvalue weighted by Gasteiger charge is 2.45. The molecule has 9 heteroatoms. The van der Waals surface area contributed by atoms with Crippen LogP contribution in [-0.2, 0) is 14.3 Å². The van der Waals surface area contributed by atoms with Crippen molar-refractivity contribution < 1.29 is 44.9 Å². The van der Waals surface area contributed by atoms with Crippen LogP contribution >= 0.6 is 0 Å². The Hall–Kier alpha value is -2.17. The molecule has 1 aromatic carbocycles. The summed E-state index contributed by atoms with van der Waals surface area (Å²) >= 11 is 0. The van der Waals surface area contributed by atoms with E-state index >= 15 is 0 Å². The van der Waals surface area contributed by atoms with Gasteiger partial charge in [-0.25, -0.2) is 4.79 Å². The van der Waals surface area contributed by atoms with Crippen molar-refractivity contribution in [1.82, 2.24) is 0 Å². The fourth-order valence-corrected chi connectivity index (χ4v) is 2.19. The Labute approximate surface area is 136 Å². The predicted molar refractivity (Wildman–Crippen MR) is 78.7 cm³/mol. The van der Waals surface area contributed by atoms with E-state index in [2.05, 4.69) is 0 Å². The van der Waals surface area contributed by atoms with E-state index in [0.717, 1.165) is 6.08 Å². The molecule has 132 valence electrons. The number of aliphatic hydroxyl groups excluding tert-OH is 4. The summed E-state index contributed by atoms with van der Waals surface area (Å²) in [6.07, 6.45) is -5.38. The molecule has 1 fully saturated rings. The lowest BCUT2D eigenvalue weighted by atomic mass is 9.99. The van der Waals surface area contributed by atoms with Gasteiger partial charge in [0.2, 0.25) is 0 Å². The smallest absolute Gasteiger partial charge is 0.331 e. The first-order valence-corrected chi connectivity index (χ1v) is 7.04. The summed E-state index contributed by atoms with van der Waals surface area (Å²) in [5.74, 6) is -1.61. The van der Waals surface area contributed by atoms with E-state index in [1.54, 1.807) is 0 Å². The second-order valence-electron chi connectivity index (χ2n) is 5.21. The van der Waals surface area contributed by atoms with Crippen molar-refractivity contribution in [3.05, 3.63) is 29.8 Å². The van der Waals surface area contributed by atoms with Crippen LogP contribution in [0.4, 0.5) is 0 Å². The van der Waals surface area contributed by atoms with E-state index in [4.69, 9.17) is 14.6 Å². The number of hydrogen-bond donors (Lipinski definition) is 6. The molecule has 2 rings (SSSR count). The zero-order valence-corrected chi connectivity index (χ0v) is 12.4. The van der Waals surface area contributed by atoms with Crippen molar-refractivity contribution >= 4 is 12.0 Å². The summed E-state index contributed by atoms with van der Waals surface area (Å²) in [7, 11) is 0. The van der Waals surface area contributed by atoms with Crippen molar-refractivity contribution in [2.45, 2.75) is 30.7 Å². The van der Waals surface area contributed by atoms with Crippen molar-refractivity contribution in [3.8, 4) is 11.5 Å². The summed E-state index contributed by atoms with van der Waals surface area (Å²) < 4.78 is 9.68. The van der Waals surface area contributed by atoms with Gasteiger partial charge in [0.15, 0.2) is 23.9 Å². The van der Waals surface area contributed by atoms with Gasteiger partial charge in [-0.15, -0.1) is 0 Å². The van der Waals surface area contributed by atoms with Gasteiger partial charge in [-0.1, -0.05) is 6.07 Å². The number of phenols is 2. The first-order chi connectivity index (χ1) is 11.3. The van der Waals surface area contributed by atoms with Crippen LogP contribution in [0.3, 0.4) is 0 Å². The average molecular weight is 342 g/mol. The average Bonchev–Trinajstić information content (AvgIpc) is 2.56. The largest absolute Gasteiger partial charge is 0.504 e. The zero-order chi connectivity index (χ0) is 17.9. The van der Waals surface area contributed by atoms with Crippen LogP contribution in [-0.4, -0.2) is 73.9 Å². The maximum Gasteiger partial charge on any atom is 0.331 e. The first kappa shape index (κ1) is 18.2. The highest BCUT2D eigenvalue weighted by Crippen LogP contribution is 2.26. The van der Waals surface area contributed by atoms with Crippen molar-refractivity contribution in [2.24, 2.45) is 0 Å². The van der Waals surface area contributed by atoms with Crippen molar-refractivity contribution in [1.29, 1.82) is 0 Å². The highest BCUT2D eigenvalue weighted by molar-refractivity contribution is 5.87. The van der Waals surface area contributed by atoms with Crippen LogP contribution in [0, 0.1) is 0 Å². The molecular weight excluding hydrogens is 324 g/mol. The molecule has 5 atom stereocenters. The molecule has 24 heavy (non-hydrogen) atoms. The molecule has 1 aliphatic heterocycles. The number of aliphatic hydroxyl groups is 4. The molecule has 0 aliphatic carbocycles. The maximum absolute atomic E-state index is 11.8. The van der Waals surface area contributed by atoms with Crippen LogP contribution in [0.25, 0.3) is 6.08 Å². The van der Waals surface area contributed by atoms with E-state index in [0.29, 0.717) is 5.56 Å². The monoisotopic (exact) mass is 342 g/mol. The van der Waals surface area contributed by atoms with Crippen molar-refractivity contribution in [3.63, 3.8) is 0 Å². The summed E-state index contributed by atoms with van der Waals surface area (Å²) in [5, 5.41) is 56.7. The lowest BCUT2D eigenvalue weighted by Gasteiger charge is -2.39. The number of aromatic hydroxyl groups is 2. The van der Waals surface area contributed by atoms with Crippen LogP contribution < -0.4 is 0 Å². The van der Waals surface area contributed by atoms with Gasteiger partial charge in [0.25, 0.3) is 0 Å². The quantitative estimate of drug-likeness (QED) is 0.217. The number of esters is 1. The minimum Gasteiger partial charge on any atom is -0.504 e. The SMILES string of the molecule is O=C(/C=C/c1ccc(O)c(O)c1)O[C@@H]1[C@@H](O)[C@H](O)O[C@H](CO)[C@H]1O. The molecule has 1 aromatic rings. The molecule has 1 heterocycles. The Morgan fingerprint density at radius 1 is 1.17 bits per heavy atom. The number of hydrogen-bond acceptors (Lipinski definition) is 9. The van der Waals surface area contributed by atoms with Gasteiger partial charge in [0.05, 0.1) is 6.61 Å². The Morgan fingerprint density at radius 3 is 2.50 bits per heavy atom. The Kier molecular flexibility index (Phi) is 5.75. The number of ether oxygens (including phenoxy) is 2. The molecule has 1 aliphatic rings. The van der Waals surface area contributed by atoms with Crippen LogP contribution in [0.1, 0.15) is 5.56 Å². The fraction of sp³-hybridized carbons (Fsp3) is 0.400. The Morgan fingerprint density at radius 2 is 1.88 bits per heavy atom. The summed E-state index contributed by atoms with van der Waals surface area (Å²) in [6, 6.07) is 3.87. The van der Waals surface area contributed by atoms with Crippen LogP contribution in [0.5, 0.6) is 11.5 Å². The van der Waals surface area contributed by atoms with E-state index < -0.39 is 43.3 Å². The van der Waals surface area contributed by atoms with Gasteiger partial charge in [0, 0.05) is 6.08 Å². The number of phenolic OH excluding ortho intramolecular Hbond substituents is 2. The minimum absolute atomic E-state index is 0.313. The minimum atomic E-state index is -1.72. The molecule has 0 unspecified atom stereocenters. The summed E-state index contributed by atoms with van der Waals surface area (Å²) in [5.41, 5.74) is 0.392. The van der Waals surface area contributed by atoms with Crippen LogP contribution in [0.15, 0.2) is 24.3 Å². The third-order valence-electron chi connectivity index (χ3n) is 3.50. The third kappa shape index (κ3) is 4.02. The second-order valence-corrected chi connectivity index (χ2v) is 5.21.